The second-order valence-electron chi connectivity index (χ2n) is 4.01. The van der Waals surface area contributed by atoms with Crippen molar-refractivity contribution in [2.75, 3.05) is 18.5 Å². The SMILES string of the molecule is CCOc1ccc(Nc2ccccc2OCC)cc1. The maximum Gasteiger partial charge on any atom is 0.142 e. The van der Waals surface area contributed by atoms with Crippen LogP contribution in [0.5, 0.6) is 11.5 Å². The van der Waals surface area contributed by atoms with Crippen molar-refractivity contribution in [1.82, 2.24) is 0 Å². The quantitative estimate of drug-likeness (QED) is 0.840. The van der Waals surface area contributed by atoms with E-state index in [-0.39, 0.29) is 0 Å². The van der Waals surface area contributed by atoms with Crippen molar-refractivity contribution in [2.45, 2.75) is 13.8 Å². The van der Waals surface area contributed by atoms with E-state index in [0.717, 1.165) is 22.9 Å². The summed E-state index contributed by atoms with van der Waals surface area (Å²) in [5.74, 6) is 1.74. The standard InChI is InChI=1S/C16H19NO2/c1-3-18-14-11-9-13(10-12-14)17-15-7-5-6-8-16(15)19-4-2/h5-12,17H,3-4H2,1-2H3. The van der Waals surface area contributed by atoms with E-state index in [2.05, 4.69) is 5.32 Å². The fourth-order valence-electron chi connectivity index (χ4n) is 1.81. The lowest BCUT2D eigenvalue weighted by molar-refractivity contribution is 0.340. The Morgan fingerprint density at radius 1 is 0.842 bits per heavy atom. The van der Waals surface area contributed by atoms with E-state index in [1.165, 1.54) is 0 Å². The molecule has 0 fully saturated rings. The van der Waals surface area contributed by atoms with E-state index in [1.807, 2.05) is 62.4 Å². The van der Waals surface area contributed by atoms with Gasteiger partial charge in [0.1, 0.15) is 11.5 Å². The molecule has 0 bridgehead atoms. The van der Waals surface area contributed by atoms with E-state index in [9.17, 15) is 0 Å². The minimum absolute atomic E-state index is 0.655. The number of benzene rings is 2. The monoisotopic (exact) mass is 257 g/mol. The molecule has 0 aliphatic heterocycles. The minimum Gasteiger partial charge on any atom is -0.494 e. The van der Waals surface area contributed by atoms with Crippen molar-refractivity contribution in [3.8, 4) is 11.5 Å². The van der Waals surface area contributed by atoms with Gasteiger partial charge in [-0.1, -0.05) is 12.1 Å². The van der Waals surface area contributed by atoms with E-state index >= 15 is 0 Å². The predicted octanol–water partition coefficient (Wildman–Crippen LogP) is 4.23. The Morgan fingerprint density at radius 2 is 1.53 bits per heavy atom. The van der Waals surface area contributed by atoms with Gasteiger partial charge in [0.15, 0.2) is 0 Å². The fourth-order valence-corrected chi connectivity index (χ4v) is 1.81. The highest BCUT2D eigenvalue weighted by molar-refractivity contribution is 5.66. The van der Waals surface area contributed by atoms with E-state index in [1.54, 1.807) is 0 Å². The van der Waals surface area contributed by atoms with Crippen LogP contribution in [0, 0.1) is 0 Å². The van der Waals surface area contributed by atoms with E-state index in [4.69, 9.17) is 9.47 Å². The molecule has 0 aliphatic rings. The maximum atomic E-state index is 5.58. The Bertz CT molecular complexity index is 508. The normalized spacial score (nSPS) is 10.0. The van der Waals surface area contributed by atoms with Gasteiger partial charge < -0.3 is 14.8 Å². The molecule has 2 rings (SSSR count). The van der Waals surface area contributed by atoms with Gasteiger partial charge in [-0.05, 0) is 50.2 Å². The van der Waals surface area contributed by atoms with Crippen LogP contribution >= 0.6 is 0 Å². The van der Waals surface area contributed by atoms with Gasteiger partial charge >= 0.3 is 0 Å². The summed E-state index contributed by atoms with van der Waals surface area (Å²) in [4.78, 5) is 0. The zero-order valence-electron chi connectivity index (χ0n) is 11.3. The van der Waals surface area contributed by atoms with Crippen LogP contribution in [0.25, 0.3) is 0 Å². The number of hydrogen-bond donors (Lipinski definition) is 1. The molecule has 0 spiro atoms. The molecule has 0 radical (unpaired) electrons. The lowest BCUT2D eigenvalue weighted by atomic mass is 10.2. The van der Waals surface area contributed by atoms with Crippen LogP contribution in [-0.4, -0.2) is 13.2 Å². The Hall–Kier alpha value is -2.16. The molecule has 0 heterocycles. The first-order valence-electron chi connectivity index (χ1n) is 6.55. The number of nitrogens with one attached hydrogen (secondary N) is 1. The molecule has 2 aromatic rings. The molecule has 0 unspecified atom stereocenters. The predicted molar refractivity (Wildman–Crippen MR) is 78.5 cm³/mol. The fraction of sp³-hybridized carbons (Fsp3) is 0.250. The van der Waals surface area contributed by atoms with Crippen LogP contribution in [0.3, 0.4) is 0 Å². The van der Waals surface area contributed by atoms with E-state index < -0.39 is 0 Å². The first kappa shape index (κ1) is 13.3. The molecule has 2 aromatic carbocycles. The molecule has 3 heteroatoms. The summed E-state index contributed by atoms with van der Waals surface area (Å²) >= 11 is 0. The molecular formula is C16H19NO2. The highest BCUT2D eigenvalue weighted by atomic mass is 16.5. The van der Waals surface area contributed by atoms with E-state index in [0.29, 0.717) is 13.2 Å². The molecule has 19 heavy (non-hydrogen) atoms. The molecule has 1 N–H and O–H groups in total. The van der Waals surface area contributed by atoms with Gasteiger partial charge in [0.05, 0.1) is 18.9 Å². The largest absolute Gasteiger partial charge is 0.494 e. The van der Waals surface area contributed by atoms with Crippen LogP contribution < -0.4 is 14.8 Å². The van der Waals surface area contributed by atoms with Gasteiger partial charge in [-0.3, -0.25) is 0 Å². The molecule has 0 aliphatic carbocycles. The van der Waals surface area contributed by atoms with Gasteiger partial charge in [-0.25, -0.2) is 0 Å². The van der Waals surface area contributed by atoms with Gasteiger partial charge in [0.25, 0.3) is 0 Å². The maximum absolute atomic E-state index is 5.58. The number of para-hydroxylation sites is 2. The molecule has 100 valence electrons. The van der Waals surface area contributed by atoms with Crippen molar-refractivity contribution >= 4 is 11.4 Å². The van der Waals surface area contributed by atoms with Gasteiger partial charge in [-0.2, -0.15) is 0 Å². The summed E-state index contributed by atoms with van der Waals surface area (Å²) in [6, 6.07) is 15.8. The van der Waals surface area contributed by atoms with Crippen LogP contribution in [0.2, 0.25) is 0 Å². The average Bonchev–Trinajstić information content (AvgIpc) is 2.44. The second-order valence-corrected chi connectivity index (χ2v) is 4.01. The van der Waals surface area contributed by atoms with Crippen molar-refractivity contribution in [2.24, 2.45) is 0 Å². The van der Waals surface area contributed by atoms with Gasteiger partial charge in [0.2, 0.25) is 0 Å². The summed E-state index contributed by atoms with van der Waals surface area (Å²) in [7, 11) is 0. The summed E-state index contributed by atoms with van der Waals surface area (Å²) in [6.45, 7) is 5.29. The zero-order valence-corrected chi connectivity index (χ0v) is 11.3. The van der Waals surface area contributed by atoms with Gasteiger partial charge in [-0.15, -0.1) is 0 Å². The van der Waals surface area contributed by atoms with Crippen molar-refractivity contribution in [1.29, 1.82) is 0 Å². The van der Waals surface area contributed by atoms with Crippen LogP contribution in [-0.2, 0) is 0 Å². The van der Waals surface area contributed by atoms with Gasteiger partial charge in [0, 0.05) is 5.69 Å². The molecule has 3 nitrogen and oxygen atoms in total. The Kier molecular flexibility index (Phi) is 4.67. The molecule has 0 amide bonds. The lowest BCUT2D eigenvalue weighted by Crippen LogP contribution is -1.97. The van der Waals surface area contributed by atoms with Crippen LogP contribution in [0.15, 0.2) is 48.5 Å². The highest BCUT2D eigenvalue weighted by Gasteiger charge is 2.02. The minimum atomic E-state index is 0.655. The van der Waals surface area contributed by atoms with Crippen LogP contribution in [0.4, 0.5) is 11.4 Å². The van der Waals surface area contributed by atoms with Crippen molar-refractivity contribution < 1.29 is 9.47 Å². The number of ether oxygens (including phenoxy) is 2. The molecule has 0 saturated carbocycles. The highest BCUT2D eigenvalue weighted by Crippen LogP contribution is 2.28. The summed E-state index contributed by atoms with van der Waals surface area (Å²) in [6.07, 6.45) is 0. The topological polar surface area (TPSA) is 30.5 Å². The first-order chi connectivity index (χ1) is 9.33. The second kappa shape index (κ2) is 6.69. The number of rotatable bonds is 6. The third kappa shape index (κ3) is 3.65. The first-order valence-corrected chi connectivity index (χ1v) is 6.55. The Balaban J connectivity index is 2.12. The third-order valence-corrected chi connectivity index (χ3v) is 2.63. The third-order valence-electron chi connectivity index (χ3n) is 2.63. The molecule has 0 atom stereocenters. The van der Waals surface area contributed by atoms with Crippen molar-refractivity contribution in [3.05, 3.63) is 48.5 Å². The number of anilines is 2. The smallest absolute Gasteiger partial charge is 0.142 e. The summed E-state index contributed by atoms with van der Waals surface area (Å²) < 4.78 is 11.0. The zero-order chi connectivity index (χ0) is 13.5. The van der Waals surface area contributed by atoms with Crippen LogP contribution in [0.1, 0.15) is 13.8 Å². The molecule has 0 saturated heterocycles. The molecule has 0 aromatic heterocycles. The Labute approximate surface area is 114 Å². The summed E-state index contributed by atoms with van der Waals surface area (Å²) in [5, 5.41) is 3.35. The average molecular weight is 257 g/mol. The number of hydrogen-bond acceptors (Lipinski definition) is 3. The molecular weight excluding hydrogens is 238 g/mol. The Morgan fingerprint density at radius 3 is 2.21 bits per heavy atom. The summed E-state index contributed by atoms with van der Waals surface area (Å²) in [5.41, 5.74) is 1.98. The van der Waals surface area contributed by atoms with Crippen molar-refractivity contribution in [3.63, 3.8) is 0 Å². The lowest BCUT2D eigenvalue weighted by Gasteiger charge is -2.12.